The molecule has 4 rings (SSSR count). The number of amides is 1. The summed E-state index contributed by atoms with van der Waals surface area (Å²) in [7, 11) is 0. The van der Waals surface area contributed by atoms with Gasteiger partial charge in [-0.3, -0.25) is 14.7 Å². The summed E-state index contributed by atoms with van der Waals surface area (Å²) in [6.45, 7) is 3.76. The van der Waals surface area contributed by atoms with E-state index in [1.165, 1.54) is 5.56 Å². The Morgan fingerprint density at radius 2 is 2.22 bits per heavy atom. The molecule has 2 aromatic rings. The van der Waals surface area contributed by atoms with Gasteiger partial charge in [-0.25, -0.2) is 0 Å². The number of thiophene rings is 1. The van der Waals surface area contributed by atoms with Gasteiger partial charge in [0.05, 0.1) is 17.3 Å². The molecule has 2 fully saturated rings. The summed E-state index contributed by atoms with van der Waals surface area (Å²) in [6, 6.07) is 6.07. The van der Waals surface area contributed by atoms with Crippen LogP contribution in [-0.2, 0) is 11.3 Å². The molecule has 1 atom stereocenters. The number of likely N-dealkylation sites (tertiary alicyclic amines) is 1. The number of aromatic nitrogens is 1. The zero-order valence-electron chi connectivity index (χ0n) is 13.1. The molecular weight excluding hydrogens is 306 g/mol. The highest BCUT2D eigenvalue weighted by Gasteiger charge is 2.49. The van der Waals surface area contributed by atoms with Crippen LogP contribution in [0.2, 0.25) is 0 Å². The third-order valence-corrected chi connectivity index (χ3v) is 5.84. The van der Waals surface area contributed by atoms with Gasteiger partial charge in [0, 0.05) is 25.8 Å². The van der Waals surface area contributed by atoms with Crippen LogP contribution in [0.4, 0.5) is 5.69 Å². The lowest BCUT2D eigenvalue weighted by molar-refractivity contribution is -0.128. The lowest BCUT2D eigenvalue weighted by atomic mass is 9.78. The van der Waals surface area contributed by atoms with Crippen LogP contribution >= 0.6 is 11.3 Å². The van der Waals surface area contributed by atoms with Gasteiger partial charge in [-0.05, 0) is 60.3 Å². The highest BCUT2D eigenvalue weighted by molar-refractivity contribution is 7.07. The predicted molar refractivity (Wildman–Crippen MR) is 92.5 cm³/mol. The van der Waals surface area contributed by atoms with Crippen molar-refractivity contribution >= 4 is 22.9 Å². The molecule has 120 valence electrons. The highest BCUT2D eigenvalue weighted by atomic mass is 32.1. The van der Waals surface area contributed by atoms with E-state index in [2.05, 4.69) is 26.7 Å². The van der Waals surface area contributed by atoms with Gasteiger partial charge >= 0.3 is 0 Å². The monoisotopic (exact) mass is 327 g/mol. The second kappa shape index (κ2) is 6.06. The number of hydrogen-bond acceptors (Lipinski definition) is 4. The van der Waals surface area contributed by atoms with Crippen molar-refractivity contribution in [3.63, 3.8) is 0 Å². The molecule has 0 bridgehead atoms. The topological polar surface area (TPSA) is 36.4 Å². The van der Waals surface area contributed by atoms with Crippen LogP contribution in [0, 0.1) is 5.41 Å². The van der Waals surface area contributed by atoms with E-state index in [0.29, 0.717) is 5.91 Å². The molecule has 0 aliphatic carbocycles. The molecule has 23 heavy (non-hydrogen) atoms. The van der Waals surface area contributed by atoms with Crippen LogP contribution < -0.4 is 4.90 Å². The first-order chi connectivity index (χ1) is 11.3. The van der Waals surface area contributed by atoms with Crippen LogP contribution in [0.5, 0.6) is 0 Å². The molecular formula is C18H21N3OS. The van der Waals surface area contributed by atoms with Crippen molar-refractivity contribution in [3.8, 4) is 0 Å². The summed E-state index contributed by atoms with van der Waals surface area (Å²) in [6.07, 6.45) is 6.63. The van der Waals surface area contributed by atoms with E-state index < -0.39 is 0 Å². The molecule has 0 radical (unpaired) electrons. The Bertz CT molecular complexity index is 673. The SMILES string of the molecule is O=C1N(c2cccnc2)CC[C@@]12CCCN(Cc1ccsc1)C2. The molecule has 0 saturated carbocycles. The lowest BCUT2D eigenvalue weighted by Gasteiger charge is -2.39. The maximum absolute atomic E-state index is 13.1. The van der Waals surface area contributed by atoms with Crippen molar-refractivity contribution in [1.29, 1.82) is 0 Å². The largest absolute Gasteiger partial charge is 0.310 e. The Balaban J connectivity index is 1.51. The summed E-state index contributed by atoms with van der Waals surface area (Å²) in [5.74, 6) is 0.292. The minimum Gasteiger partial charge on any atom is -0.310 e. The normalized spacial score (nSPS) is 25.4. The predicted octanol–water partition coefficient (Wildman–Crippen LogP) is 3.16. The van der Waals surface area contributed by atoms with Gasteiger partial charge in [0.15, 0.2) is 0 Å². The van der Waals surface area contributed by atoms with Crippen molar-refractivity contribution in [2.24, 2.45) is 5.41 Å². The second-order valence-corrected chi connectivity index (χ2v) is 7.42. The van der Waals surface area contributed by atoms with Crippen molar-refractivity contribution < 1.29 is 4.79 Å². The highest BCUT2D eigenvalue weighted by Crippen LogP contribution is 2.42. The molecule has 0 N–H and O–H groups in total. The lowest BCUT2D eigenvalue weighted by Crippen LogP contribution is -2.47. The third kappa shape index (κ3) is 2.79. The van der Waals surface area contributed by atoms with Crippen LogP contribution in [-0.4, -0.2) is 35.4 Å². The summed E-state index contributed by atoms with van der Waals surface area (Å²) in [4.78, 5) is 21.6. The number of pyridine rings is 1. The Hall–Kier alpha value is -1.72. The zero-order chi connectivity index (χ0) is 15.7. The zero-order valence-corrected chi connectivity index (χ0v) is 14.0. The van der Waals surface area contributed by atoms with E-state index in [1.807, 2.05) is 17.0 Å². The molecule has 0 unspecified atom stereocenters. The van der Waals surface area contributed by atoms with Gasteiger partial charge in [-0.1, -0.05) is 0 Å². The fraction of sp³-hybridized carbons (Fsp3) is 0.444. The first-order valence-electron chi connectivity index (χ1n) is 8.22. The first-order valence-corrected chi connectivity index (χ1v) is 9.17. The number of carbonyl (C=O) groups is 1. The molecule has 4 nitrogen and oxygen atoms in total. The minimum absolute atomic E-state index is 0.190. The Morgan fingerprint density at radius 3 is 3.00 bits per heavy atom. The molecule has 2 aromatic heterocycles. The standard InChI is InChI=1S/C18H21N3OS/c22-17-18(6-9-21(17)16-3-1-7-19-11-16)5-2-8-20(14-18)12-15-4-10-23-13-15/h1,3-4,7,10-11,13H,2,5-6,8-9,12,14H2/t18-/m1/s1. The van der Waals surface area contributed by atoms with Crippen molar-refractivity contribution in [1.82, 2.24) is 9.88 Å². The average molecular weight is 327 g/mol. The maximum atomic E-state index is 13.1. The van der Waals surface area contributed by atoms with E-state index in [4.69, 9.17) is 0 Å². The third-order valence-electron chi connectivity index (χ3n) is 5.11. The number of nitrogens with zero attached hydrogens (tertiary/aromatic N) is 3. The fourth-order valence-electron chi connectivity index (χ4n) is 3.96. The summed E-state index contributed by atoms with van der Waals surface area (Å²) >= 11 is 1.74. The van der Waals surface area contributed by atoms with E-state index >= 15 is 0 Å². The van der Waals surface area contributed by atoms with Gasteiger partial charge in [0.2, 0.25) is 5.91 Å². The Labute approximate surface area is 140 Å². The summed E-state index contributed by atoms with van der Waals surface area (Å²) < 4.78 is 0. The number of rotatable bonds is 3. The minimum atomic E-state index is -0.190. The summed E-state index contributed by atoms with van der Waals surface area (Å²) in [5.41, 5.74) is 2.11. The molecule has 2 saturated heterocycles. The number of carbonyl (C=O) groups excluding carboxylic acids is 1. The second-order valence-electron chi connectivity index (χ2n) is 6.64. The van der Waals surface area contributed by atoms with E-state index in [9.17, 15) is 4.79 Å². The van der Waals surface area contributed by atoms with Crippen LogP contribution in [0.1, 0.15) is 24.8 Å². The molecule has 2 aliphatic heterocycles. The quantitative estimate of drug-likeness (QED) is 0.869. The van der Waals surface area contributed by atoms with Crippen molar-refractivity contribution in [3.05, 3.63) is 46.9 Å². The van der Waals surface area contributed by atoms with E-state index in [1.54, 1.807) is 23.7 Å². The maximum Gasteiger partial charge on any atom is 0.234 e. The number of anilines is 1. The van der Waals surface area contributed by atoms with Gasteiger partial charge < -0.3 is 4.90 Å². The van der Waals surface area contributed by atoms with E-state index in [0.717, 1.165) is 51.1 Å². The van der Waals surface area contributed by atoms with Crippen LogP contribution in [0.15, 0.2) is 41.4 Å². The van der Waals surface area contributed by atoms with Gasteiger partial charge in [0.25, 0.3) is 0 Å². The van der Waals surface area contributed by atoms with Crippen molar-refractivity contribution in [2.75, 3.05) is 24.5 Å². The molecule has 2 aliphatic rings. The fourth-order valence-corrected chi connectivity index (χ4v) is 4.62. The average Bonchev–Trinajstić information content (AvgIpc) is 3.19. The van der Waals surface area contributed by atoms with Gasteiger partial charge in [-0.2, -0.15) is 11.3 Å². The van der Waals surface area contributed by atoms with Crippen LogP contribution in [0.3, 0.4) is 0 Å². The van der Waals surface area contributed by atoms with E-state index in [-0.39, 0.29) is 5.41 Å². The first kappa shape index (κ1) is 14.8. The molecule has 4 heterocycles. The van der Waals surface area contributed by atoms with Crippen LogP contribution in [0.25, 0.3) is 0 Å². The Morgan fingerprint density at radius 1 is 1.26 bits per heavy atom. The smallest absolute Gasteiger partial charge is 0.234 e. The summed E-state index contributed by atoms with van der Waals surface area (Å²) in [5, 5.41) is 4.33. The van der Waals surface area contributed by atoms with Gasteiger partial charge in [-0.15, -0.1) is 0 Å². The molecule has 1 spiro atoms. The van der Waals surface area contributed by atoms with Gasteiger partial charge in [0.1, 0.15) is 0 Å². The molecule has 5 heteroatoms. The number of hydrogen-bond donors (Lipinski definition) is 0. The molecule has 1 amide bonds. The number of piperidine rings is 1. The molecule has 0 aromatic carbocycles. The van der Waals surface area contributed by atoms with Crippen molar-refractivity contribution in [2.45, 2.75) is 25.8 Å². The Kier molecular flexibility index (Phi) is 3.91.